The molecule has 1 aromatic carbocycles. The number of carbonyl (C=O) groups is 1. The minimum Gasteiger partial charge on any atom is -0.493 e. The second-order valence-corrected chi connectivity index (χ2v) is 9.72. The lowest BCUT2D eigenvalue weighted by molar-refractivity contribution is 0.0176. The highest BCUT2D eigenvalue weighted by Gasteiger charge is 2.44. The molecular weight excluding hydrogens is 424 g/mol. The summed E-state index contributed by atoms with van der Waals surface area (Å²) in [6.45, 7) is 6.30. The van der Waals surface area contributed by atoms with E-state index in [2.05, 4.69) is 31.0 Å². The molecule has 1 aromatic heterocycles. The number of morpholine rings is 1. The lowest BCUT2D eigenvalue weighted by Crippen LogP contribution is -2.61. The molecule has 0 bridgehead atoms. The molecule has 0 amide bonds. The minimum atomic E-state index is -1.22. The Kier molecular flexibility index (Phi) is 5.45. The first-order valence-corrected chi connectivity index (χ1v) is 11.5. The Morgan fingerprint density at radius 3 is 2.70 bits per heavy atom. The second-order valence-electron chi connectivity index (χ2n) is 9.72. The molecule has 1 saturated heterocycles. The van der Waals surface area contributed by atoms with Crippen LogP contribution in [0.5, 0.6) is 5.75 Å². The predicted molar refractivity (Wildman–Crippen MR) is 123 cm³/mol. The van der Waals surface area contributed by atoms with Crippen LogP contribution < -0.4 is 15.2 Å². The molecule has 1 saturated carbocycles. The number of rotatable bonds is 7. The first-order chi connectivity index (χ1) is 15.8. The molecule has 176 valence electrons. The van der Waals surface area contributed by atoms with Gasteiger partial charge < -0.3 is 19.3 Å². The molecule has 2 aromatic rings. The number of nitrogens with zero attached hydrogens (tertiary/aromatic N) is 2. The highest BCUT2D eigenvalue weighted by atomic mass is 16.5. The number of carboxylic acid groups (broad SMARTS) is 1. The van der Waals surface area contributed by atoms with Gasteiger partial charge in [-0.05, 0) is 55.9 Å². The topological polar surface area (TPSA) is 90.2 Å². The first-order valence-electron chi connectivity index (χ1n) is 11.5. The number of aromatic carboxylic acids is 1. The van der Waals surface area contributed by atoms with Gasteiger partial charge in [0, 0.05) is 38.0 Å². The van der Waals surface area contributed by atoms with Crippen molar-refractivity contribution in [2.75, 3.05) is 38.5 Å². The van der Waals surface area contributed by atoms with Crippen LogP contribution in [0.4, 0.5) is 0 Å². The van der Waals surface area contributed by atoms with Gasteiger partial charge in [0.1, 0.15) is 11.3 Å². The molecule has 0 unspecified atom stereocenters. The summed E-state index contributed by atoms with van der Waals surface area (Å²) in [5.41, 5.74) is 2.71. The Morgan fingerprint density at radius 1 is 1.21 bits per heavy atom. The van der Waals surface area contributed by atoms with Gasteiger partial charge in [-0.25, -0.2) is 4.79 Å². The maximum absolute atomic E-state index is 12.7. The number of benzene rings is 1. The van der Waals surface area contributed by atoms with Crippen LogP contribution in [0.1, 0.15) is 66.6 Å². The molecule has 1 N–H and O–H groups in total. The van der Waals surface area contributed by atoms with E-state index in [1.807, 2.05) is 4.68 Å². The minimum absolute atomic E-state index is 0.130. The van der Waals surface area contributed by atoms with Crippen molar-refractivity contribution in [1.82, 2.24) is 4.68 Å². The third-order valence-corrected chi connectivity index (χ3v) is 6.72. The van der Waals surface area contributed by atoms with Gasteiger partial charge in [-0.15, -0.1) is 0 Å². The zero-order valence-electron chi connectivity index (χ0n) is 19.3. The summed E-state index contributed by atoms with van der Waals surface area (Å²) in [6.07, 6.45) is 4.50. The van der Waals surface area contributed by atoms with Crippen LogP contribution in [0.25, 0.3) is 11.3 Å². The summed E-state index contributed by atoms with van der Waals surface area (Å²) in [5, 5.41) is 11.7. The zero-order chi connectivity index (χ0) is 23.3. The molecule has 3 heterocycles. The van der Waals surface area contributed by atoms with E-state index in [0.29, 0.717) is 38.0 Å². The second kappa shape index (κ2) is 8.18. The largest absolute Gasteiger partial charge is 0.493 e. The Labute approximate surface area is 192 Å². The maximum atomic E-state index is 12.7. The van der Waals surface area contributed by atoms with Crippen molar-refractivity contribution < 1.29 is 24.1 Å². The summed E-state index contributed by atoms with van der Waals surface area (Å²) < 4.78 is 19.2. The van der Waals surface area contributed by atoms with E-state index >= 15 is 0 Å². The molecule has 33 heavy (non-hydrogen) atoms. The maximum Gasteiger partial charge on any atom is 0.341 e. The monoisotopic (exact) mass is 454 g/mol. The molecule has 2 aliphatic heterocycles. The van der Waals surface area contributed by atoms with Crippen molar-refractivity contribution in [3.63, 3.8) is 0 Å². The van der Waals surface area contributed by atoms with Crippen LogP contribution in [0.15, 0.2) is 29.2 Å². The van der Waals surface area contributed by atoms with Crippen LogP contribution in [-0.2, 0) is 9.47 Å². The number of ether oxygens (including phenoxy) is 3. The standard InChI is InChI=1S/C25H30N2O6/c1-25(2)14-32-13-21-18-10-23(33-8-4-7-31-3)16(15-5-6-15)9-17(18)20-11-22(28)19(24(29)30)12-26(20)27(21)25/h9-12,15,21H,4-8,13-14H2,1-3H3,(H,29,30)/t21-/m1/s1. The van der Waals surface area contributed by atoms with E-state index in [4.69, 9.17) is 14.2 Å². The lowest BCUT2D eigenvalue weighted by atomic mass is 9.88. The highest BCUT2D eigenvalue weighted by Crippen LogP contribution is 2.50. The van der Waals surface area contributed by atoms with Gasteiger partial charge in [0.2, 0.25) is 0 Å². The molecule has 2 fully saturated rings. The molecule has 0 spiro atoms. The average Bonchev–Trinajstić information content (AvgIpc) is 3.61. The average molecular weight is 455 g/mol. The van der Waals surface area contributed by atoms with Crippen molar-refractivity contribution in [2.24, 2.45) is 0 Å². The third-order valence-electron chi connectivity index (χ3n) is 6.72. The summed E-state index contributed by atoms with van der Waals surface area (Å²) in [6, 6.07) is 5.58. The Morgan fingerprint density at radius 2 is 2.00 bits per heavy atom. The van der Waals surface area contributed by atoms with Crippen molar-refractivity contribution in [3.8, 4) is 17.0 Å². The molecule has 1 atom stereocenters. The molecule has 3 aliphatic rings. The van der Waals surface area contributed by atoms with Crippen LogP contribution in [0.3, 0.4) is 0 Å². The SMILES string of the molecule is COCCCOc1cc2c(cc1C1CC1)-c1cc(=O)c(C(=O)O)cn1N1[C@@H]2COCC1(C)C. The number of fused-ring (bicyclic) bond motifs is 6. The number of pyridine rings is 1. The summed E-state index contributed by atoms with van der Waals surface area (Å²) in [7, 11) is 1.68. The van der Waals surface area contributed by atoms with E-state index in [-0.39, 0.29) is 11.6 Å². The van der Waals surface area contributed by atoms with Crippen molar-refractivity contribution >= 4 is 5.97 Å². The molecule has 5 rings (SSSR count). The van der Waals surface area contributed by atoms with E-state index < -0.39 is 16.9 Å². The third kappa shape index (κ3) is 3.81. The van der Waals surface area contributed by atoms with E-state index in [9.17, 15) is 14.7 Å². The van der Waals surface area contributed by atoms with Crippen LogP contribution >= 0.6 is 0 Å². The van der Waals surface area contributed by atoms with Crippen LogP contribution in [0, 0.1) is 0 Å². The fourth-order valence-corrected chi connectivity index (χ4v) is 5.04. The molecule has 8 heteroatoms. The van der Waals surface area contributed by atoms with Gasteiger partial charge in [0.25, 0.3) is 0 Å². The smallest absolute Gasteiger partial charge is 0.341 e. The number of methoxy groups -OCH3 is 1. The Hall–Kier alpha value is -2.84. The molecule has 0 radical (unpaired) electrons. The van der Waals surface area contributed by atoms with Gasteiger partial charge in [-0.3, -0.25) is 14.5 Å². The van der Waals surface area contributed by atoms with Crippen molar-refractivity contribution in [1.29, 1.82) is 0 Å². The van der Waals surface area contributed by atoms with Gasteiger partial charge in [-0.1, -0.05) is 0 Å². The Balaban J connectivity index is 1.69. The van der Waals surface area contributed by atoms with Crippen LogP contribution in [-0.4, -0.2) is 54.8 Å². The highest BCUT2D eigenvalue weighted by molar-refractivity contribution is 5.88. The molecule has 1 aliphatic carbocycles. The first kappa shape index (κ1) is 22.0. The molecule has 8 nitrogen and oxygen atoms in total. The van der Waals surface area contributed by atoms with Gasteiger partial charge >= 0.3 is 5.97 Å². The Bertz CT molecular complexity index is 1150. The van der Waals surface area contributed by atoms with Crippen molar-refractivity contribution in [3.05, 3.63) is 51.3 Å². The summed E-state index contributed by atoms with van der Waals surface area (Å²) >= 11 is 0. The zero-order valence-corrected chi connectivity index (χ0v) is 19.3. The fraction of sp³-hybridized carbons (Fsp3) is 0.520. The molecular formula is C25H30N2O6. The van der Waals surface area contributed by atoms with E-state index in [1.165, 1.54) is 12.3 Å². The van der Waals surface area contributed by atoms with Gasteiger partial charge in [0.15, 0.2) is 5.43 Å². The van der Waals surface area contributed by atoms with E-state index in [0.717, 1.165) is 41.7 Å². The quantitative estimate of drug-likeness (QED) is 0.642. The number of hydrogen-bond acceptors (Lipinski definition) is 6. The normalized spacial score (nSPS) is 20.6. The number of aromatic nitrogens is 1. The summed E-state index contributed by atoms with van der Waals surface area (Å²) in [5.74, 6) is 0.110. The lowest BCUT2D eigenvalue weighted by Gasteiger charge is -2.53. The van der Waals surface area contributed by atoms with Crippen molar-refractivity contribution in [2.45, 2.75) is 50.6 Å². The number of carboxylic acids is 1. The van der Waals surface area contributed by atoms with Crippen LogP contribution in [0.2, 0.25) is 0 Å². The fourth-order valence-electron chi connectivity index (χ4n) is 5.04. The van der Waals surface area contributed by atoms with Gasteiger partial charge in [-0.2, -0.15) is 0 Å². The number of hydrogen-bond donors (Lipinski definition) is 1. The summed E-state index contributed by atoms with van der Waals surface area (Å²) in [4.78, 5) is 24.4. The van der Waals surface area contributed by atoms with E-state index in [1.54, 1.807) is 7.11 Å². The predicted octanol–water partition coefficient (Wildman–Crippen LogP) is 3.31. The van der Waals surface area contributed by atoms with Gasteiger partial charge in [0.05, 0.1) is 37.1 Å².